The van der Waals surface area contributed by atoms with E-state index in [-0.39, 0.29) is 5.91 Å². The van der Waals surface area contributed by atoms with Crippen molar-refractivity contribution in [3.63, 3.8) is 0 Å². The van der Waals surface area contributed by atoms with Crippen LogP contribution in [0.5, 0.6) is 0 Å². The maximum atomic E-state index is 10.7. The molecule has 3 heteroatoms. The van der Waals surface area contributed by atoms with Crippen molar-refractivity contribution in [1.82, 2.24) is 4.90 Å². The number of hydrogen-bond acceptors (Lipinski definition) is 2. The highest BCUT2D eigenvalue weighted by atomic mass is 16.2. The number of hydrogen-bond donors (Lipinski definition) is 0. The first-order valence-electron chi connectivity index (χ1n) is 3.90. The molecule has 0 spiro atoms. The van der Waals surface area contributed by atoms with E-state index in [9.17, 15) is 4.79 Å². The number of nitriles is 1. The quantitative estimate of drug-likeness (QED) is 0.350. The topological polar surface area (TPSA) is 44.1 Å². The maximum Gasteiger partial charge on any atom is 0.232 e. The molecule has 11 heavy (non-hydrogen) atoms. The molecule has 0 rings (SSSR count). The lowest BCUT2D eigenvalue weighted by atomic mass is 10.2. The number of carbonyl (C=O) groups excluding carboxylic acids is 1. The normalized spacial score (nSPS) is 8.82. The summed E-state index contributed by atoms with van der Waals surface area (Å²) in [6, 6.07) is 0. The van der Waals surface area contributed by atoms with Crippen molar-refractivity contribution in [1.29, 1.82) is 5.26 Å². The Bertz CT molecular complexity index is 160. The molecule has 0 unspecified atom stereocenters. The Labute approximate surface area is 67.6 Å². The third kappa shape index (κ3) is 4.38. The van der Waals surface area contributed by atoms with Gasteiger partial charge in [0, 0.05) is 13.5 Å². The Morgan fingerprint density at radius 2 is 2.18 bits per heavy atom. The summed E-state index contributed by atoms with van der Waals surface area (Å²) in [5, 5.41) is 8.45. The highest BCUT2D eigenvalue weighted by Crippen LogP contribution is 1.97. The van der Waals surface area contributed by atoms with E-state index in [1.807, 2.05) is 6.19 Å². The largest absolute Gasteiger partial charge is 0.274 e. The van der Waals surface area contributed by atoms with Crippen molar-refractivity contribution in [3.8, 4) is 6.19 Å². The van der Waals surface area contributed by atoms with Gasteiger partial charge >= 0.3 is 0 Å². The molecule has 0 atom stereocenters. The summed E-state index contributed by atoms with van der Waals surface area (Å²) in [7, 11) is 0. The SMILES string of the molecule is CCCCCN(C#N)C(C)=O. The Morgan fingerprint density at radius 3 is 2.55 bits per heavy atom. The lowest BCUT2D eigenvalue weighted by Gasteiger charge is -2.09. The standard InChI is InChI=1S/C8H14N2O/c1-3-4-5-6-10(7-9)8(2)11/h3-6H2,1-2H3. The van der Waals surface area contributed by atoms with E-state index in [0.29, 0.717) is 6.54 Å². The molecule has 0 aliphatic heterocycles. The average molecular weight is 154 g/mol. The van der Waals surface area contributed by atoms with Gasteiger partial charge in [-0.25, -0.2) is 4.90 Å². The first-order valence-corrected chi connectivity index (χ1v) is 3.90. The zero-order valence-electron chi connectivity index (χ0n) is 7.13. The number of unbranched alkanes of at least 4 members (excludes halogenated alkanes) is 2. The molecule has 0 aliphatic rings. The first-order chi connectivity index (χ1) is 5.22. The molecule has 0 saturated carbocycles. The average Bonchev–Trinajstić information content (AvgIpc) is 1.97. The Kier molecular flexibility index (Phi) is 5.18. The predicted octanol–water partition coefficient (Wildman–Crippen LogP) is 1.51. The predicted molar refractivity (Wildman–Crippen MR) is 42.5 cm³/mol. The molecule has 3 nitrogen and oxygen atoms in total. The lowest BCUT2D eigenvalue weighted by Crippen LogP contribution is -2.24. The Balaban J connectivity index is 3.55. The maximum absolute atomic E-state index is 10.7. The zero-order chi connectivity index (χ0) is 8.69. The minimum Gasteiger partial charge on any atom is -0.274 e. The molecular weight excluding hydrogens is 140 g/mol. The van der Waals surface area contributed by atoms with Crippen molar-refractivity contribution >= 4 is 5.91 Å². The Hall–Kier alpha value is -1.04. The van der Waals surface area contributed by atoms with Gasteiger partial charge in [0.1, 0.15) is 0 Å². The van der Waals surface area contributed by atoms with Gasteiger partial charge in [0.05, 0.1) is 0 Å². The van der Waals surface area contributed by atoms with Crippen LogP contribution in [0, 0.1) is 11.5 Å². The highest BCUT2D eigenvalue weighted by Gasteiger charge is 2.04. The van der Waals surface area contributed by atoms with E-state index in [4.69, 9.17) is 5.26 Å². The first kappa shape index (κ1) is 9.96. The van der Waals surface area contributed by atoms with Crippen molar-refractivity contribution in [3.05, 3.63) is 0 Å². The smallest absolute Gasteiger partial charge is 0.232 e. The van der Waals surface area contributed by atoms with Gasteiger partial charge in [0.25, 0.3) is 0 Å². The van der Waals surface area contributed by atoms with Crippen LogP contribution in [-0.4, -0.2) is 17.4 Å². The molecule has 0 aromatic heterocycles. The van der Waals surface area contributed by atoms with Gasteiger partial charge in [0.15, 0.2) is 6.19 Å². The van der Waals surface area contributed by atoms with Gasteiger partial charge in [-0.3, -0.25) is 4.79 Å². The van der Waals surface area contributed by atoms with Crippen molar-refractivity contribution in [2.45, 2.75) is 33.1 Å². The van der Waals surface area contributed by atoms with Crippen molar-refractivity contribution < 1.29 is 4.79 Å². The zero-order valence-corrected chi connectivity index (χ0v) is 7.13. The van der Waals surface area contributed by atoms with E-state index in [1.54, 1.807) is 0 Å². The van der Waals surface area contributed by atoms with Crippen LogP contribution in [0.15, 0.2) is 0 Å². The van der Waals surface area contributed by atoms with Crippen molar-refractivity contribution in [2.75, 3.05) is 6.54 Å². The van der Waals surface area contributed by atoms with Crippen LogP contribution in [0.2, 0.25) is 0 Å². The van der Waals surface area contributed by atoms with Crippen LogP contribution in [0.1, 0.15) is 33.1 Å². The molecule has 0 aliphatic carbocycles. The number of nitrogens with zero attached hydrogens (tertiary/aromatic N) is 2. The summed E-state index contributed by atoms with van der Waals surface area (Å²) in [6.07, 6.45) is 4.95. The van der Waals surface area contributed by atoms with Crippen LogP contribution in [0.25, 0.3) is 0 Å². The van der Waals surface area contributed by atoms with Crippen molar-refractivity contribution in [2.24, 2.45) is 0 Å². The third-order valence-corrected chi connectivity index (χ3v) is 1.49. The van der Waals surface area contributed by atoms with Crippen LogP contribution in [0.4, 0.5) is 0 Å². The van der Waals surface area contributed by atoms with Gasteiger partial charge in [0.2, 0.25) is 5.91 Å². The Morgan fingerprint density at radius 1 is 1.55 bits per heavy atom. The van der Waals surface area contributed by atoms with E-state index in [2.05, 4.69) is 6.92 Å². The van der Waals surface area contributed by atoms with Crippen LogP contribution in [-0.2, 0) is 4.79 Å². The fourth-order valence-corrected chi connectivity index (χ4v) is 0.798. The molecule has 1 amide bonds. The lowest BCUT2D eigenvalue weighted by molar-refractivity contribution is -0.125. The fraction of sp³-hybridized carbons (Fsp3) is 0.750. The minimum absolute atomic E-state index is 0.163. The van der Waals surface area contributed by atoms with Gasteiger partial charge < -0.3 is 0 Å². The van der Waals surface area contributed by atoms with Gasteiger partial charge in [-0.05, 0) is 6.42 Å². The molecule has 62 valence electrons. The van der Waals surface area contributed by atoms with E-state index in [0.717, 1.165) is 19.3 Å². The number of amides is 1. The van der Waals surface area contributed by atoms with Crippen LogP contribution >= 0.6 is 0 Å². The molecule has 0 aromatic carbocycles. The summed E-state index contributed by atoms with van der Waals surface area (Å²) in [6.45, 7) is 4.07. The van der Waals surface area contributed by atoms with Crippen LogP contribution < -0.4 is 0 Å². The minimum atomic E-state index is -0.163. The molecular formula is C8H14N2O. The second-order valence-electron chi connectivity index (χ2n) is 2.48. The summed E-state index contributed by atoms with van der Waals surface area (Å²) in [5.74, 6) is -0.163. The van der Waals surface area contributed by atoms with E-state index < -0.39 is 0 Å². The molecule has 0 radical (unpaired) electrons. The molecule has 0 heterocycles. The second-order valence-corrected chi connectivity index (χ2v) is 2.48. The molecule has 0 bridgehead atoms. The van der Waals surface area contributed by atoms with E-state index in [1.165, 1.54) is 11.8 Å². The fourth-order valence-electron chi connectivity index (χ4n) is 0.798. The summed E-state index contributed by atoms with van der Waals surface area (Å²) >= 11 is 0. The van der Waals surface area contributed by atoms with E-state index >= 15 is 0 Å². The summed E-state index contributed by atoms with van der Waals surface area (Å²) in [4.78, 5) is 11.9. The monoisotopic (exact) mass is 154 g/mol. The third-order valence-electron chi connectivity index (χ3n) is 1.49. The highest BCUT2D eigenvalue weighted by molar-refractivity contribution is 5.74. The second kappa shape index (κ2) is 5.72. The molecule has 0 saturated heterocycles. The number of rotatable bonds is 4. The van der Waals surface area contributed by atoms with Crippen LogP contribution in [0.3, 0.4) is 0 Å². The van der Waals surface area contributed by atoms with Gasteiger partial charge in [-0.1, -0.05) is 19.8 Å². The van der Waals surface area contributed by atoms with Gasteiger partial charge in [-0.15, -0.1) is 0 Å². The molecule has 0 fully saturated rings. The van der Waals surface area contributed by atoms with Gasteiger partial charge in [-0.2, -0.15) is 5.26 Å². The summed E-state index contributed by atoms with van der Waals surface area (Å²) < 4.78 is 0. The number of carbonyl (C=O) groups is 1. The molecule has 0 N–H and O–H groups in total. The summed E-state index contributed by atoms with van der Waals surface area (Å²) in [5.41, 5.74) is 0. The molecule has 0 aromatic rings.